The predicted molar refractivity (Wildman–Crippen MR) is 112 cm³/mol. The molecule has 0 aromatic heterocycles. The Labute approximate surface area is 173 Å². The van der Waals surface area contributed by atoms with E-state index in [1.807, 2.05) is 67.8 Å². The Kier molecular flexibility index (Phi) is 7.76. The predicted octanol–water partition coefficient (Wildman–Crippen LogP) is 2.04. The Morgan fingerprint density at radius 2 is 1.65 bits per heavy atom. The van der Waals surface area contributed by atoms with Gasteiger partial charge in [0, 0.05) is 10.6 Å². The standard InChI is InChI=1S/C13H14I3N3O4/c1-3-4(11(20)18-2)19-12(21)5-7(14)6(13(22)23)9(16)10(17)8(5)15/h4H,3,17H2,1-2H3,(H,18,20)(H,19,21)(H,22,23). The van der Waals surface area contributed by atoms with Crippen molar-refractivity contribution in [2.24, 2.45) is 0 Å². The minimum absolute atomic E-state index is 0.0118. The summed E-state index contributed by atoms with van der Waals surface area (Å²) < 4.78 is 1.15. The number of nitrogen functional groups attached to an aromatic ring is 1. The molecule has 0 spiro atoms. The van der Waals surface area contributed by atoms with E-state index in [4.69, 9.17) is 5.73 Å². The zero-order valence-corrected chi connectivity index (χ0v) is 18.6. The lowest BCUT2D eigenvalue weighted by atomic mass is 10.1. The molecule has 0 fully saturated rings. The summed E-state index contributed by atoms with van der Waals surface area (Å²) in [6, 6.07) is -0.701. The molecule has 1 unspecified atom stereocenters. The van der Waals surface area contributed by atoms with E-state index in [1.54, 1.807) is 6.92 Å². The summed E-state index contributed by atoms with van der Waals surface area (Å²) in [5.41, 5.74) is 6.33. The maximum Gasteiger partial charge on any atom is 0.337 e. The van der Waals surface area contributed by atoms with E-state index in [9.17, 15) is 19.5 Å². The summed E-state index contributed by atoms with van der Waals surface area (Å²) in [5, 5.41) is 14.5. The minimum Gasteiger partial charge on any atom is -0.478 e. The van der Waals surface area contributed by atoms with Crippen molar-refractivity contribution in [1.29, 1.82) is 0 Å². The van der Waals surface area contributed by atoms with Crippen molar-refractivity contribution in [1.82, 2.24) is 10.6 Å². The van der Waals surface area contributed by atoms with Gasteiger partial charge in [-0.15, -0.1) is 0 Å². The summed E-state index contributed by atoms with van der Waals surface area (Å²) in [5.74, 6) is -2.00. The fourth-order valence-electron chi connectivity index (χ4n) is 1.83. The smallest absolute Gasteiger partial charge is 0.337 e. The molecule has 1 rings (SSSR count). The lowest BCUT2D eigenvalue weighted by Gasteiger charge is -2.19. The number of nitrogens with two attached hydrogens (primary N) is 1. The van der Waals surface area contributed by atoms with Crippen LogP contribution in [0.25, 0.3) is 0 Å². The molecule has 1 atom stereocenters. The van der Waals surface area contributed by atoms with Crippen LogP contribution in [0.4, 0.5) is 5.69 Å². The Bertz CT molecular complexity index is 679. The first-order valence-electron chi connectivity index (χ1n) is 6.38. The van der Waals surface area contributed by atoms with E-state index in [1.165, 1.54) is 7.05 Å². The second-order valence-electron chi connectivity index (χ2n) is 4.46. The number of carbonyl (C=O) groups is 3. The molecule has 0 saturated carbocycles. The number of likely N-dealkylation sites (N-methyl/N-ethyl adjacent to an activating group) is 1. The number of aromatic carboxylic acids is 1. The van der Waals surface area contributed by atoms with E-state index < -0.39 is 17.9 Å². The van der Waals surface area contributed by atoms with Gasteiger partial charge < -0.3 is 21.5 Å². The molecule has 0 aliphatic heterocycles. The number of hydrogen-bond donors (Lipinski definition) is 4. The molecule has 2 amide bonds. The Morgan fingerprint density at radius 3 is 2.09 bits per heavy atom. The summed E-state index contributed by atoms with van der Waals surface area (Å²) >= 11 is 5.58. The van der Waals surface area contributed by atoms with Crippen LogP contribution < -0.4 is 16.4 Å². The van der Waals surface area contributed by atoms with Gasteiger partial charge in [0.05, 0.1) is 24.0 Å². The average molecular weight is 657 g/mol. The quantitative estimate of drug-likeness (QED) is 0.286. The number of benzene rings is 1. The van der Waals surface area contributed by atoms with Gasteiger partial charge in [0.25, 0.3) is 5.91 Å². The molecule has 126 valence electrons. The van der Waals surface area contributed by atoms with Crippen molar-refractivity contribution >= 4 is 91.2 Å². The molecule has 1 aromatic carbocycles. The Balaban J connectivity index is 3.40. The maximum absolute atomic E-state index is 12.6. The molecule has 0 bridgehead atoms. The third kappa shape index (κ3) is 4.37. The fraction of sp³-hybridized carbons (Fsp3) is 0.308. The molecular weight excluding hydrogens is 643 g/mol. The van der Waals surface area contributed by atoms with Gasteiger partial charge in [-0.05, 0) is 74.2 Å². The highest BCUT2D eigenvalue weighted by Crippen LogP contribution is 2.33. The number of carbonyl (C=O) groups excluding carboxylic acids is 2. The van der Waals surface area contributed by atoms with Crippen molar-refractivity contribution in [3.8, 4) is 0 Å². The summed E-state index contributed by atoms with van der Waals surface area (Å²) in [7, 11) is 1.48. The normalized spacial score (nSPS) is 11.7. The number of rotatable bonds is 5. The number of halogens is 3. The van der Waals surface area contributed by atoms with Crippen molar-refractivity contribution in [2.75, 3.05) is 12.8 Å². The van der Waals surface area contributed by atoms with Gasteiger partial charge in [0.2, 0.25) is 5.91 Å². The highest BCUT2D eigenvalue weighted by atomic mass is 127. The number of nitrogens with one attached hydrogen (secondary N) is 2. The lowest BCUT2D eigenvalue weighted by Crippen LogP contribution is -2.45. The summed E-state index contributed by atoms with van der Waals surface area (Å²) in [4.78, 5) is 35.7. The molecule has 0 saturated heterocycles. The van der Waals surface area contributed by atoms with Gasteiger partial charge in [-0.2, -0.15) is 0 Å². The first kappa shape index (κ1) is 20.7. The van der Waals surface area contributed by atoms with Crippen LogP contribution in [0.1, 0.15) is 34.1 Å². The van der Waals surface area contributed by atoms with Gasteiger partial charge in [-0.25, -0.2) is 4.79 Å². The Hall–Kier alpha value is -0.380. The zero-order chi connectivity index (χ0) is 17.9. The third-order valence-corrected chi connectivity index (χ3v) is 6.39. The van der Waals surface area contributed by atoms with E-state index in [-0.39, 0.29) is 22.7 Å². The number of hydrogen-bond acceptors (Lipinski definition) is 4. The van der Waals surface area contributed by atoms with Crippen LogP contribution >= 0.6 is 67.8 Å². The van der Waals surface area contributed by atoms with Crippen LogP contribution in [-0.4, -0.2) is 36.0 Å². The number of carboxylic acids is 1. The zero-order valence-electron chi connectivity index (χ0n) is 12.2. The van der Waals surface area contributed by atoms with Crippen LogP contribution in [0, 0.1) is 10.7 Å². The van der Waals surface area contributed by atoms with Crippen LogP contribution in [0.5, 0.6) is 0 Å². The fourth-order valence-corrected chi connectivity index (χ4v) is 5.95. The number of amides is 2. The SMILES string of the molecule is CCC(NC(=O)c1c(I)c(N)c(I)c(C(=O)O)c1I)C(=O)NC. The maximum atomic E-state index is 12.6. The molecule has 0 aliphatic carbocycles. The van der Waals surface area contributed by atoms with Crippen LogP contribution in [0.2, 0.25) is 0 Å². The highest BCUT2D eigenvalue weighted by molar-refractivity contribution is 14.1. The second-order valence-corrected chi connectivity index (χ2v) is 7.70. The molecule has 10 heteroatoms. The summed E-state index contributed by atoms with van der Waals surface area (Å²) in [6.07, 6.45) is 0.407. The molecular formula is C13H14I3N3O4. The molecule has 7 nitrogen and oxygen atoms in total. The van der Waals surface area contributed by atoms with E-state index in [0.717, 1.165) is 0 Å². The van der Waals surface area contributed by atoms with Crippen molar-refractivity contribution in [3.63, 3.8) is 0 Å². The molecule has 0 aliphatic rings. The largest absolute Gasteiger partial charge is 0.478 e. The minimum atomic E-state index is -1.16. The Morgan fingerprint density at radius 1 is 1.13 bits per heavy atom. The molecule has 0 heterocycles. The third-order valence-electron chi connectivity index (χ3n) is 3.07. The van der Waals surface area contributed by atoms with Crippen molar-refractivity contribution in [2.45, 2.75) is 19.4 Å². The van der Waals surface area contributed by atoms with Crippen molar-refractivity contribution < 1.29 is 19.5 Å². The van der Waals surface area contributed by atoms with Crippen molar-refractivity contribution in [3.05, 3.63) is 21.8 Å². The number of carboxylic acid groups (broad SMARTS) is 1. The number of anilines is 1. The molecule has 23 heavy (non-hydrogen) atoms. The van der Waals surface area contributed by atoms with Crippen LogP contribution in [-0.2, 0) is 4.79 Å². The van der Waals surface area contributed by atoms with Gasteiger partial charge in [-0.1, -0.05) is 6.92 Å². The van der Waals surface area contributed by atoms with Gasteiger partial charge in [-0.3, -0.25) is 9.59 Å². The van der Waals surface area contributed by atoms with Crippen LogP contribution in [0.3, 0.4) is 0 Å². The first-order valence-corrected chi connectivity index (χ1v) is 9.62. The topological polar surface area (TPSA) is 122 Å². The van der Waals surface area contributed by atoms with Crippen LogP contribution in [0.15, 0.2) is 0 Å². The first-order chi connectivity index (χ1) is 10.7. The van der Waals surface area contributed by atoms with Gasteiger partial charge >= 0.3 is 5.97 Å². The second kappa shape index (κ2) is 8.64. The molecule has 5 N–H and O–H groups in total. The van der Waals surface area contributed by atoms with Gasteiger partial charge in [0.15, 0.2) is 0 Å². The van der Waals surface area contributed by atoms with E-state index in [0.29, 0.717) is 17.1 Å². The van der Waals surface area contributed by atoms with Gasteiger partial charge in [0.1, 0.15) is 6.04 Å². The summed E-state index contributed by atoms with van der Waals surface area (Å²) in [6.45, 7) is 1.76. The van der Waals surface area contributed by atoms with E-state index in [2.05, 4.69) is 10.6 Å². The lowest BCUT2D eigenvalue weighted by molar-refractivity contribution is -0.122. The highest BCUT2D eigenvalue weighted by Gasteiger charge is 2.28. The van der Waals surface area contributed by atoms with E-state index >= 15 is 0 Å². The monoisotopic (exact) mass is 657 g/mol. The average Bonchev–Trinajstić information content (AvgIpc) is 2.49. The molecule has 0 radical (unpaired) electrons. The molecule has 1 aromatic rings.